The molecule has 1 heterocycles. The Kier molecular flexibility index (Phi) is 5.30. The summed E-state index contributed by atoms with van der Waals surface area (Å²) < 4.78 is 0. The third-order valence-corrected chi connectivity index (χ3v) is 3.48. The van der Waals surface area contributed by atoms with Gasteiger partial charge in [-0.25, -0.2) is 4.98 Å². The maximum absolute atomic E-state index is 12.0. The maximum Gasteiger partial charge on any atom is 0.252 e. The summed E-state index contributed by atoms with van der Waals surface area (Å²) >= 11 is 0. The SMILES string of the molecule is CCC(N)(CC)CNC(=O)c1ccc(N(C)C)nc1. The van der Waals surface area contributed by atoms with Crippen molar-refractivity contribution in [1.82, 2.24) is 10.3 Å². The summed E-state index contributed by atoms with van der Waals surface area (Å²) in [4.78, 5) is 18.1. The van der Waals surface area contributed by atoms with Crippen LogP contribution >= 0.6 is 0 Å². The van der Waals surface area contributed by atoms with Gasteiger partial charge in [0.2, 0.25) is 0 Å². The number of nitrogens with one attached hydrogen (secondary N) is 1. The van der Waals surface area contributed by atoms with Crippen LogP contribution in [0.4, 0.5) is 5.82 Å². The largest absolute Gasteiger partial charge is 0.363 e. The van der Waals surface area contributed by atoms with Crippen molar-refractivity contribution >= 4 is 11.7 Å². The highest BCUT2D eigenvalue weighted by Crippen LogP contribution is 2.11. The van der Waals surface area contributed by atoms with Crippen LogP contribution in [-0.2, 0) is 0 Å². The number of nitrogens with zero attached hydrogens (tertiary/aromatic N) is 2. The number of rotatable bonds is 6. The van der Waals surface area contributed by atoms with Crippen LogP contribution < -0.4 is 16.0 Å². The fourth-order valence-corrected chi connectivity index (χ4v) is 1.64. The van der Waals surface area contributed by atoms with Crippen molar-refractivity contribution in [2.75, 3.05) is 25.5 Å². The number of carbonyl (C=O) groups is 1. The zero-order chi connectivity index (χ0) is 14.5. The molecule has 0 saturated heterocycles. The molecule has 0 saturated carbocycles. The molecule has 0 aliphatic heterocycles. The normalized spacial score (nSPS) is 11.2. The minimum Gasteiger partial charge on any atom is -0.363 e. The van der Waals surface area contributed by atoms with E-state index in [1.807, 2.05) is 38.9 Å². The lowest BCUT2D eigenvalue weighted by atomic mass is 9.94. The minimum absolute atomic E-state index is 0.130. The van der Waals surface area contributed by atoms with E-state index in [1.165, 1.54) is 0 Å². The monoisotopic (exact) mass is 264 g/mol. The van der Waals surface area contributed by atoms with E-state index in [4.69, 9.17) is 5.73 Å². The van der Waals surface area contributed by atoms with Crippen LogP contribution in [0.2, 0.25) is 0 Å². The Morgan fingerprint density at radius 1 is 1.37 bits per heavy atom. The van der Waals surface area contributed by atoms with Gasteiger partial charge in [-0.1, -0.05) is 13.8 Å². The first-order chi connectivity index (χ1) is 8.91. The molecule has 1 rings (SSSR count). The van der Waals surface area contributed by atoms with E-state index in [0.717, 1.165) is 18.7 Å². The van der Waals surface area contributed by atoms with Crippen LogP contribution in [-0.4, -0.2) is 37.1 Å². The zero-order valence-corrected chi connectivity index (χ0v) is 12.2. The van der Waals surface area contributed by atoms with Gasteiger partial charge in [-0.2, -0.15) is 0 Å². The van der Waals surface area contributed by atoms with Gasteiger partial charge in [0, 0.05) is 32.4 Å². The Morgan fingerprint density at radius 2 is 2.00 bits per heavy atom. The van der Waals surface area contributed by atoms with Crippen LogP contribution in [0.5, 0.6) is 0 Å². The topological polar surface area (TPSA) is 71.2 Å². The summed E-state index contributed by atoms with van der Waals surface area (Å²) in [5.41, 5.74) is 6.38. The highest BCUT2D eigenvalue weighted by atomic mass is 16.1. The molecule has 0 fully saturated rings. The molecule has 0 bridgehead atoms. The number of carbonyl (C=O) groups excluding carboxylic acids is 1. The van der Waals surface area contributed by atoms with E-state index in [1.54, 1.807) is 12.3 Å². The van der Waals surface area contributed by atoms with E-state index in [2.05, 4.69) is 10.3 Å². The summed E-state index contributed by atoms with van der Waals surface area (Å²) in [6, 6.07) is 3.60. The molecule has 0 aliphatic rings. The van der Waals surface area contributed by atoms with Crippen LogP contribution in [0.1, 0.15) is 37.0 Å². The Morgan fingerprint density at radius 3 is 2.42 bits per heavy atom. The second kappa shape index (κ2) is 6.52. The van der Waals surface area contributed by atoms with Crippen LogP contribution in [0.3, 0.4) is 0 Å². The van der Waals surface area contributed by atoms with Crippen molar-refractivity contribution in [3.8, 4) is 0 Å². The van der Waals surface area contributed by atoms with Crippen molar-refractivity contribution < 1.29 is 4.79 Å². The molecule has 5 nitrogen and oxygen atoms in total. The first kappa shape index (κ1) is 15.4. The molecule has 1 aromatic rings. The number of nitrogens with two attached hydrogens (primary N) is 1. The molecule has 106 valence electrons. The fraction of sp³-hybridized carbons (Fsp3) is 0.571. The molecule has 5 heteroatoms. The van der Waals surface area contributed by atoms with Gasteiger partial charge in [0.1, 0.15) is 5.82 Å². The van der Waals surface area contributed by atoms with Gasteiger partial charge in [0.25, 0.3) is 5.91 Å². The minimum atomic E-state index is -0.327. The first-order valence-electron chi connectivity index (χ1n) is 6.62. The predicted octanol–water partition coefficient (Wildman–Crippen LogP) is 1.39. The number of anilines is 1. The maximum atomic E-state index is 12.0. The van der Waals surface area contributed by atoms with Gasteiger partial charge in [-0.05, 0) is 25.0 Å². The van der Waals surface area contributed by atoms with Crippen LogP contribution in [0, 0.1) is 0 Å². The molecule has 0 radical (unpaired) electrons. The molecule has 0 spiro atoms. The summed E-state index contributed by atoms with van der Waals surface area (Å²) in [7, 11) is 3.82. The average molecular weight is 264 g/mol. The quantitative estimate of drug-likeness (QED) is 0.814. The molecular formula is C14H24N4O. The number of hydrogen-bond acceptors (Lipinski definition) is 4. The van der Waals surface area contributed by atoms with Gasteiger partial charge in [-0.3, -0.25) is 4.79 Å². The van der Waals surface area contributed by atoms with Crippen molar-refractivity contribution in [2.24, 2.45) is 5.73 Å². The molecule has 0 atom stereocenters. The highest BCUT2D eigenvalue weighted by molar-refractivity contribution is 5.94. The third kappa shape index (κ3) is 4.21. The Balaban J connectivity index is 2.63. The first-order valence-corrected chi connectivity index (χ1v) is 6.62. The van der Waals surface area contributed by atoms with Crippen LogP contribution in [0.25, 0.3) is 0 Å². The summed E-state index contributed by atoms with van der Waals surface area (Å²) in [5.74, 6) is 0.696. The smallest absolute Gasteiger partial charge is 0.252 e. The van der Waals surface area contributed by atoms with E-state index in [-0.39, 0.29) is 11.4 Å². The molecule has 0 unspecified atom stereocenters. The summed E-state index contributed by atoms with van der Waals surface area (Å²) in [6.45, 7) is 4.54. The molecule has 19 heavy (non-hydrogen) atoms. The molecule has 0 aromatic carbocycles. The Bertz CT molecular complexity index is 410. The number of aromatic nitrogens is 1. The second-order valence-corrected chi connectivity index (χ2v) is 5.05. The second-order valence-electron chi connectivity index (χ2n) is 5.05. The Labute approximate surface area is 115 Å². The Hall–Kier alpha value is -1.62. The summed E-state index contributed by atoms with van der Waals surface area (Å²) in [6.07, 6.45) is 3.25. The third-order valence-electron chi connectivity index (χ3n) is 3.48. The number of hydrogen-bond donors (Lipinski definition) is 2. The fourth-order valence-electron chi connectivity index (χ4n) is 1.64. The van der Waals surface area contributed by atoms with Crippen molar-refractivity contribution in [3.05, 3.63) is 23.9 Å². The predicted molar refractivity (Wildman–Crippen MR) is 78.4 cm³/mol. The van der Waals surface area contributed by atoms with Gasteiger partial charge in [0.05, 0.1) is 5.56 Å². The lowest BCUT2D eigenvalue weighted by Gasteiger charge is -2.26. The van der Waals surface area contributed by atoms with E-state index < -0.39 is 0 Å². The molecule has 3 N–H and O–H groups in total. The lowest BCUT2D eigenvalue weighted by molar-refractivity contribution is 0.0942. The van der Waals surface area contributed by atoms with Crippen LogP contribution in [0.15, 0.2) is 18.3 Å². The molecular weight excluding hydrogens is 240 g/mol. The lowest BCUT2D eigenvalue weighted by Crippen LogP contribution is -2.49. The summed E-state index contributed by atoms with van der Waals surface area (Å²) in [5, 5.41) is 2.87. The van der Waals surface area contributed by atoms with E-state index >= 15 is 0 Å². The van der Waals surface area contributed by atoms with Crippen molar-refractivity contribution in [3.63, 3.8) is 0 Å². The van der Waals surface area contributed by atoms with E-state index in [0.29, 0.717) is 12.1 Å². The van der Waals surface area contributed by atoms with Gasteiger partial charge in [0.15, 0.2) is 0 Å². The number of pyridine rings is 1. The molecule has 1 aromatic heterocycles. The average Bonchev–Trinajstić information content (AvgIpc) is 2.44. The van der Waals surface area contributed by atoms with Gasteiger partial charge < -0.3 is 16.0 Å². The highest BCUT2D eigenvalue weighted by Gasteiger charge is 2.21. The standard InChI is InChI=1S/C14H24N4O/c1-5-14(15,6-2)10-17-13(19)11-7-8-12(16-9-11)18(3)4/h7-9H,5-6,10,15H2,1-4H3,(H,17,19). The van der Waals surface area contributed by atoms with Crippen molar-refractivity contribution in [2.45, 2.75) is 32.2 Å². The van der Waals surface area contributed by atoms with Gasteiger partial charge >= 0.3 is 0 Å². The molecule has 0 aliphatic carbocycles. The number of amides is 1. The van der Waals surface area contributed by atoms with Crippen molar-refractivity contribution in [1.29, 1.82) is 0 Å². The zero-order valence-electron chi connectivity index (χ0n) is 12.2. The van der Waals surface area contributed by atoms with E-state index in [9.17, 15) is 4.79 Å². The molecule has 1 amide bonds. The van der Waals surface area contributed by atoms with Gasteiger partial charge in [-0.15, -0.1) is 0 Å².